The van der Waals surface area contributed by atoms with Gasteiger partial charge >= 0.3 is 5.97 Å². The number of hydrogen-bond acceptors (Lipinski definition) is 2. The molecule has 0 aromatic carbocycles. The number of carboxylic acids is 1. The van der Waals surface area contributed by atoms with Crippen LogP contribution in [-0.4, -0.2) is 35.6 Å². The van der Waals surface area contributed by atoms with Crippen molar-refractivity contribution >= 4 is 5.97 Å². The second-order valence-electron chi connectivity index (χ2n) is 6.23. The van der Waals surface area contributed by atoms with Crippen molar-refractivity contribution in [2.24, 2.45) is 11.3 Å². The quantitative estimate of drug-likeness (QED) is 0.709. The molecule has 0 aliphatic carbocycles. The molecular weight excluding hydrogens is 226 g/mol. The third kappa shape index (κ3) is 4.27. The maximum atomic E-state index is 11.3. The number of carbonyl (C=O) groups is 1. The largest absolute Gasteiger partial charge is 0.481 e. The lowest BCUT2D eigenvalue weighted by atomic mass is 9.74. The number of rotatable bonds is 7. The predicted molar refractivity (Wildman–Crippen MR) is 74.7 cm³/mol. The summed E-state index contributed by atoms with van der Waals surface area (Å²) in [5.41, 5.74) is -0.581. The third-order valence-corrected chi connectivity index (χ3v) is 4.41. The van der Waals surface area contributed by atoms with Gasteiger partial charge in [0.1, 0.15) is 0 Å². The summed E-state index contributed by atoms with van der Waals surface area (Å²) in [5.74, 6) is -0.352. The van der Waals surface area contributed by atoms with Gasteiger partial charge in [-0.1, -0.05) is 26.2 Å². The van der Waals surface area contributed by atoms with Crippen LogP contribution in [0.15, 0.2) is 0 Å². The zero-order valence-corrected chi connectivity index (χ0v) is 12.2. The van der Waals surface area contributed by atoms with E-state index in [-0.39, 0.29) is 0 Å². The summed E-state index contributed by atoms with van der Waals surface area (Å²) in [6.07, 6.45) is 7.36. The molecule has 1 fully saturated rings. The molecule has 1 rings (SSSR count). The number of aliphatic carboxylic acids is 1. The highest BCUT2D eigenvalue weighted by atomic mass is 16.4. The van der Waals surface area contributed by atoms with Gasteiger partial charge < -0.3 is 10.0 Å². The number of carboxylic acid groups (broad SMARTS) is 1. The van der Waals surface area contributed by atoms with Crippen LogP contribution in [0.3, 0.4) is 0 Å². The Labute approximate surface area is 112 Å². The molecule has 1 atom stereocenters. The molecule has 0 bridgehead atoms. The van der Waals surface area contributed by atoms with E-state index in [1.807, 2.05) is 13.8 Å². The van der Waals surface area contributed by atoms with Crippen LogP contribution in [-0.2, 0) is 4.79 Å². The monoisotopic (exact) mass is 255 g/mol. The van der Waals surface area contributed by atoms with E-state index < -0.39 is 11.4 Å². The highest BCUT2D eigenvalue weighted by Crippen LogP contribution is 2.34. The van der Waals surface area contributed by atoms with Gasteiger partial charge in [0.05, 0.1) is 5.41 Å². The Morgan fingerprint density at radius 1 is 1.33 bits per heavy atom. The number of piperidine rings is 1. The van der Waals surface area contributed by atoms with Crippen LogP contribution in [0.25, 0.3) is 0 Å². The first-order valence-corrected chi connectivity index (χ1v) is 7.44. The van der Waals surface area contributed by atoms with Crippen LogP contribution >= 0.6 is 0 Å². The van der Waals surface area contributed by atoms with E-state index in [2.05, 4.69) is 11.8 Å². The molecule has 1 saturated heterocycles. The van der Waals surface area contributed by atoms with Gasteiger partial charge in [-0.05, 0) is 52.1 Å². The normalized spacial score (nSPS) is 22.1. The fourth-order valence-corrected chi connectivity index (χ4v) is 2.78. The average Bonchev–Trinajstić information content (AvgIpc) is 2.35. The van der Waals surface area contributed by atoms with Gasteiger partial charge in [0.2, 0.25) is 0 Å². The predicted octanol–water partition coefficient (Wildman–Crippen LogP) is 3.39. The second kappa shape index (κ2) is 7.13. The van der Waals surface area contributed by atoms with Gasteiger partial charge in [-0.2, -0.15) is 0 Å². The standard InChI is InChI=1S/C15H29NO2/c1-4-5-6-7-10-16-11-8-9-13(12-16)15(2,3)14(17)18/h13H,4-12H2,1-3H3,(H,17,18). The van der Waals surface area contributed by atoms with Gasteiger partial charge in [0.15, 0.2) is 0 Å². The molecule has 1 aliphatic rings. The molecule has 106 valence electrons. The molecule has 0 radical (unpaired) electrons. The third-order valence-electron chi connectivity index (χ3n) is 4.41. The van der Waals surface area contributed by atoms with Crippen molar-refractivity contribution in [3.8, 4) is 0 Å². The number of hydrogen-bond donors (Lipinski definition) is 1. The van der Waals surface area contributed by atoms with Crippen molar-refractivity contribution < 1.29 is 9.90 Å². The van der Waals surface area contributed by atoms with Crippen molar-refractivity contribution in [2.75, 3.05) is 19.6 Å². The molecule has 0 saturated carbocycles. The summed E-state index contributed by atoms with van der Waals surface area (Å²) in [7, 11) is 0. The fraction of sp³-hybridized carbons (Fsp3) is 0.933. The van der Waals surface area contributed by atoms with E-state index in [1.165, 1.54) is 25.7 Å². The molecule has 0 aromatic heterocycles. The van der Waals surface area contributed by atoms with Crippen molar-refractivity contribution in [3.63, 3.8) is 0 Å². The minimum absolute atomic E-state index is 0.301. The minimum Gasteiger partial charge on any atom is -0.481 e. The first-order valence-electron chi connectivity index (χ1n) is 7.44. The van der Waals surface area contributed by atoms with Crippen LogP contribution in [0.2, 0.25) is 0 Å². The summed E-state index contributed by atoms with van der Waals surface area (Å²) in [5, 5.41) is 9.31. The van der Waals surface area contributed by atoms with E-state index in [9.17, 15) is 9.90 Å². The van der Waals surface area contributed by atoms with Gasteiger partial charge in [0, 0.05) is 6.54 Å². The van der Waals surface area contributed by atoms with E-state index in [0.717, 1.165) is 32.5 Å². The number of unbranched alkanes of at least 4 members (excludes halogenated alkanes) is 3. The first kappa shape index (κ1) is 15.5. The van der Waals surface area contributed by atoms with Crippen LogP contribution in [0.5, 0.6) is 0 Å². The molecule has 1 unspecified atom stereocenters. The molecule has 1 aliphatic heterocycles. The molecule has 3 nitrogen and oxygen atoms in total. The van der Waals surface area contributed by atoms with Crippen LogP contribution in [0.4, 0.5) is 0 Å². The highest BCUT2D eigenvalue weighted by molar-refractivity contribution is 5.74. The molecule has 0 amide bonds. The van der Waals surface area contributed by atoms with Gasteiger partial charge in [-0.15, -0.1) is 0 Å². The lowest BCUT2D eigenvalue weighted by molar-refractivity contribution is -0.151. The van der Waals surface area contributed by atoms with Gasteiger partial charge in [0.25, 0.3) is 0 Å². The smallest absolute Gasteiger partial charge is 0.309 e. The van der Waals surface area contributed by atoms with Gasteiger partial charge in [-0.25, -0.2) is 0 Å². The minimum atomic E-state index is -0.652. The molecule has 1 heterocycles. The summed E-state index contributed by atoms with van der Waals surface area (Å²) in [6, 6.07) is 0. The van der Waals surface area contributed by atoms with Crippen molar-refractivity contribution in [1.29, 1.82) is 0 Å². The first-order chi connectivity index (χ1) is 8.48. The van der Waals surface area contributed by atoms with Crippen LogP contribution in [0.1, 0.15) is 59.3 Å². The highest BCUT2D eigenvalue weighted by Gasteiger charge is 2.38. The zero-order chi connectivity index (χ0) is 13.6. The summed E-state index contributed by atoms with van der Waals surface area (Å²) >= 11 is 0. The Hall–Kier alpha value is -0.570. The Bertz CT molecular complexity index is 263. The second-order valence-corrected chi connectivity index (χ2v) is 6.23. The maximum Gasteiger partial charge on any atom is 0.309 e. The van der Waals surface area contributed by atoms with E-state index in [1.54, 1.807) is 0 Å². The maximum absolute atomic E-state index is 11.3. The average molecular weight is 255 g/mol. The Kier molecular flexibility index (Phi) is 6.13. The summed E-state index contributed by atoms with van der Waals surface area (Å²) in [4.78, 5) is 13.8. The van der Waals surface area contributed by atoms with Crippen molar-refractivity contribution in [3.05, 3.63) is 0 Å². The summed E-state index contributed by atoms with van der Waals surface area (Å²) in [6.45, 7) is 9.24. The van der Waals surface area contributed by atoms with Crippen molar-refractivity contribution in [1.82, 2.24) is 4.90 Å². The fourth-order valence-electron chi connectivity index (χ4n) is 2.78. The molecular formula is C15H29NO2. The van der Waals surface area contributed by atoms with E-state index in [0.29, 0.717) is 5.92 Å². The number of likely N-dealkylation sites (tertiary alicyclic amines) is 1. The van der Waals surface area contributed by atoms with E-state index >= 15 is 0 Å². The Balaban J connectivity index is 2.39. The summed E-state index contributed by atoms with van der Waals surface area (Å²) < 4.78 is 0. The lowest BCUT2D eigenvalue weighted by Crippen LogP contribution is -2.44. The van der Waals surface area contributed by atoms with Gasteiger partial charge in [-0.3, -0.25) is 4.79 Å². The van der Waals surface area contributed by atoms with E-state index in [4.69, 9.17) is 0 Å². The topological polar surface area (TPSA) is 40.5 Å². The Morgan fingerprint density at radius 2 is 2.06 bits per heavy atom. The van der Waals surface area contributed by atoms with Crippen molar-refractivity contribution in [2.45, 2.75) is 59.3 Å². The SMILES string of the molecule is CCCCCCN1CCCC(C(C)(C)C(=O)O)C1. The number of nitrogens with zero attached hydrogens (tertiary/aromatic N) is 1. The Morgan fingerprint density at radius 3 is 2.67 bits per heavy atom. The lowest BCUT2D eigenvalue weighted by Gasteiger charge is -2.39. The molecule has 0 spiro atoms. The van der Waals surface area contributed by atoms with Crippen LogP contribution < -0.4 is 0 Å². The zero-order valence-electron chi connectivity index (χ0n) is 12.2. The molecule has 18 heavy (non-hydrogen) atoms. The molecule has 3 heteroatoms. The molecule has 0 aromatic rings. The van der Waals surface area contributed by atoms with Crippen LogP contribution in [0, 0.1) is 11.3 Å². The molecule has 1 N–H and O–H groups in total.